The van der Waals surface area contributed by atoms with E-state index < -0.39 is 12.0 Å². The summed E-state index contributed by atoms with van der Waals surface area (Å²) >= 11 is 1.37. The van der Waals surface area contributed by atoms with Crippen LogP contribution in [0.25, 0.3) is 5.69 Å². The molecule has 1 aliphatic carbocycles. The predicted octanol–water partition coefficient (Wildman–Crippen LogP) is 6.02. The topological polar surface area (TPSA) is 118 Å². The molecule has 0 bridgehead atoms. The third-order valence-corrected chi connectivity index (χ3v) is 7.47. The van der Waals surface area contributed by atoms with E-state index in [1.54, 1.807) is 16.8 Å². The number of amides is 2. The molecule has 0 unspecified atom stereocenters. The lowest BCUT2D eigenvalue weighted by molar-refractivity contribution is -0.136. The number of nitrogens with zero attached hydrogens (tertiary/aromatic N) is 3. The summed E-state index contributed by atoms with van der Waals surface area (Å²) in [5.74, 6) is 0.0349. The van der Waals surface area contributed by atoms with Crippen molar-refractivity contribution >= 4 is 34.3 Å². The Labute approximate surface area is 230 Å². The lowest BCUT2D eigenvalue weighted by Crippen LogP contribution is -2.21. The summed E-state index contributed by atoms with van der Waals surface area (Å²) in [5.41, 5.74) is 4.38. The van der Waals surface area contributed by atoms with E-state index in [4.69, 9.17) is 14.9 Å². The van der Waals surface area contributed by atoms with Crippen LogP contribution in [0.2, 0.25) is 0 Å². The zero-order valence-corrected chi connectivity index (χ0v) is 22.3. The molecule has 2 amide bonds. The van der Waals surface area contributed by atoms with Crippen molar-refractivity contribution in [3.8, 4) is 5.69 Å². The second-order valence-corrected chi connectivity index (χ2v) is 10.5. The van der Waals surface area contributed by atoms with Crippen LogP contribution < -0.4 is 10.6 Å². The number of thiazole rings is 1. The van der Waals surface area contributed by atoms with Crippen LogP contribution in [0.5, 0.6) is 0 Å². The highest BCUT2D eigenvalue weighted by atomic mass is 32.1. The maximum absolute atomic E-state index is 12.9. The molecule has 10 heteroatoms. The summed E-state index contributed by atoms with van der Waals surface area (Å²) in [6.45, 7) is 1.09. The van der Waals surface area contributed by atoms with Crippen LogP contribution in [0.1, 0.15) is 54.1 Å². The van der Waals surface area contributed by atoms with E-state index >= 15 is 0 Å². The Morgan fingerprint density at radius 2 is 1.79 bits per heavy atom. The van der Waals surface area contributed by atoms with E-state index in [2.05, 4.69) is 15.6 Å². The molecule has 2 aromatic carbocycles. The lowest BCUT2D eigenvalue weighted by Gasteiger charge is -2.10. The molecule has 1 aliphatic rings. The normalized spacial score (nSPS) is 13.4. The maximum atomic E-state index is 12.9. The quantitative estimate of drug-likeness (QED) is 0.199. The van der Waals surface area contributed by atoms with E-state index in [0.29, 0.717) is 42.1 Å². The van der Waals surface area contributed by atoms with Gasteiger partial charge in [-0.25, -0.2) is 14.5 Å². The molecule has 0 atom stereocenters. The standard InChI is InChI=1S/C29H31N5O4S/c35-27(36)16-20-10-12-24(13-11-20)34-26(17-25(33-34)22-8-4-5-9-22)31-28(37)32-29-30-23(19-39-29)14-15-38-18-21-6-2-1-3-7-21/h1-3,6-7,10-13,17,19,22H,4-5,8-9,14-16,18H2,(H,35,36)(H2,30,31,32,37). The Balaban J connectivity index is 1.21. The molecule has 39 heavy (non-hydrogen) atoms. The first kappa shape index (κ1) is 26.6. The second kappa shape index (κ2) is 12.7. The highest BCUT2D eigenvalue weighted by Gasteiger charge is 2.23. The number of carboxylic acid groups (broad SMARTS) is 1. The zero-order valence-electron chi connectivity index (χ0n) is 21.5. The van der Waals surface area contributed by atoms with Gasteiger partial charge in [0.1, 0.15) is 5.82 Å². The number of aliphatic carboxylic acids is 1. The first-order valence-electron chi connectivity index (χ1n) is 13.1. The number of carbonyl (C=O) groups excluding carboxylic acids is 1. The molecule has 2 aromatic heterocycles. The molecule has 5 rings (SSSR count). The highest BCUT2D eigenvalue weighted by molar-refractivity contribution is 7.13. The van der Waals surface area contributed by atoms with Crippen LogP contribution in [-0.4, -0.2) is 38.5 Å². The number of rotatable bonds is 11. The van der Waals surface area contributed by atoms with Crippen molar-refractivity contribution in [3.63, 3.8) is 0 Å². The van der Waals surface area contributed by atoms with Crippen molar-refractivity contribution in [1.82, 2.24) is 14.8 Å². The molecule has 4 aromatic rings. The summed E-state index contributed by atoms with van der Waals surface area (Å²) < 4.78 is 7.45. The number of urea groups is 1. The van der Waals surface area contributed by atoms with Crippen LogP contribution in [0, 0.1) is 0 Å². The van der Waals surface area contributed by atoms with Gasteiger partial charge < -0.3 is 9.84 Å². The average Bonchev–Trinajstić information content (AvgIpc) is 3.69. The number of ether oxygens (including phenoxy) is 1. The van der Waals surface area contributed by atoms with Crippen molar-refractivity contribution in [3.05, 3.63) is 88.6 Å². The molecule has 3 N–H and O–H groups in total. The van der Waals surface area contributed by atoms with Gasteiger partial charge in [-0.05, 0) is 36.1 Å². The second-order valence-electron chi connectivity index (χ2n) is 9.60. The van der Waals surface area contributed by atoms with Gasteiger partial charge in [-0.2, -0.15) is 5.10 Å². The number of hydrogen-bond acceptors (Lipinski definition) is 6. The fraction of sp³-hybridized carbons (Fsp3) is 0.310. The van der Waals surface area contributed by atoms with Gasteiger partial charge in [0.2, 0.25) is 0 Å². The van der Waals surface area contributed by atoms with Crippen molar-refractivity contribution in [2.45, 2.75) is 51.0 Å². The summed E-state index contributed by atoms with van der Waals surface area (Å²) in [5, 5.41) is 22.0. The Kier molecular flexibility index (Phi) is 8.65. The summed E-state index contributed by atoms with van der Waals surface area (Å²) in [6.07, 6.45) is 5.12. The van der Waals surface area contributed by atoms with Gasteiger partial charge in [0.15, 0.2) is 5.13 Å². The van der Waals surface area contributed by atoms with Crippen LogP contribution in [0.4, 0.5) is 15.7 Å². The Hall–Kier alpha value is -4.02. The number of benzene rings is 2. The van der Waals surface area contributed by atoms with Crippen LogP contribution in [-0.2, 0) is 29.0 Å². The number of carboxylic acids is 1. The Morgan fingerprint density at radius 1 is 1.03 bits per heavy atom. The third kappa shape index (κ3) is 7.30. The molecule has 9 nitrogen and oxygen atoms in total. The van der Waals surface area contributed by atoms with Crippen LogP contribution in [0.15, 0.2) is 66.0 Å². The minimum atomic E-state index is -0.880. The van der Waals surface area contributed by atoms with Gasteiger partial charge in [0.05, 0.1) is 36.7 Å². The number of anilines is 2. The molecule has 2 heterocycles. The first-order chi connectivity index (χ1) is 19.0. The number of aromatic nitrogens is 3. The van der Waals surface area contributed by atoms with E-state index in [0.717, 1.165) is 35.5 Å². The molecule has 0 saturated heterocycles. The van der Waals surface area contributed by atoms with Crippen molar-refractivity contribution in [1.29, 1.82) is 0 Å². The highest BCUT2D eigenvalue weighted by Crippen LogP contribution is 2.35. The first-order valence-corrected chi connectivity index (χ1v) is 14.0. The van der Waals surface area contributed by atoms with Gasteiger partial charge >= 0.3 is 12.0 Å². The molecule has 0 radical (unpaired) electrons. The number of nitrogens with one attached hydrogen (secondary N) is 2. The average molecular weight is 546 g/mol. The smallest absolute Gasteiger partial charge is 0.326 e. The zero-order chi connectivity index (χ0) is 27.0. The minimum absolute atomic E-state index is 0.0465. The van der Waals surface area contributed by atoms with E-state index in [-0.39, 0.29) is 6.42 Å². The molecule has 1 fully saturated rings. The van der Waals surface area contributed by atoms with E-state index in [1.165, 1.54) is 24.2 Å². The number of carbonyl (C=O) groups is 2. The SMILES string of the molecule is O=C(O)Cc1ccc(-n2nc(C3CCCC3)cc2NC(=O)Nc2nc(CCOCc3ccccc3)cs2)cc1. The predicted molar refractivity (Wildman–Crippen MR) is 151 cm³/mol. The van der Waals surface area contributed by atoms with Gasteiger partial charge in [-0.15, -0.1) is 11.3 Å². The van der Waals surface area contributed by atoms with Crippen LogP contribution in [0.3, 0.4) is 0 Å². The maximum Gasteiger partial charge on any atom is 0.326 e. The van der Waals surface area contributed by atoms with Gasteiger partial charge in [-0.3, -0.25) is 15.4 Å². The molecule has 0 spiro atoms. The molecular weight excluding hydrogens is 514 g/mol. The Morgan fingerprint density at radius 3 is 2.54 bits per heavy atom. The third-order valence-electron chi connectivity index (χ3n) is 6.67. The lowest BCUT2D eigenvalue weighted by atomic mass is 10.0. The molecule has 1 saturated carbocycles. The van der Waals surface area contributed by atoms with E-state index in [1.807, 2.05) is 53.9 Å². The molecule has 0 aliphatic heterocycles. The minimum Gasteiger partial charge on any atom is -0.481 e. The summed E-state index contributed by atoms with van der Waals surface area (Å²) in [6, 6.07) is 18.7. The van der Waals surface area contributed by atoms with Crippen molar-refractivity contribution < 1.29 is 19.4 Å². The van der Waals surface area contributed by atoms with Crippen molar-refractivity contribution in [2.24, 2.45) is 0 Å². The van der Waals surface area contributed by atoms with Gasteiger partial charge in [0, 0.05) is 23.8 Å². The van der Waals surface area contributed by atoms with Crippen LogP contribution >= 0.6 is 11.3 Å². The fourth-order valence-electron chi connectivity index (χ4n) is 4.70. The molecule has 202 valence electrons. The van der Waals surface area contributed by atoms with E-state index in [9.17, 15) is 9.59 Å². The molecular formula is C29H31N5O4S. The van der Waals surface area contributed by atoms with Gasteiger partial charge in [-0.1, -0.05) is 55.3 Å². The largest absolute Gasteiger partial charge is 0.481 e. The fourth-order valence-corrected chi connectivity index (χ4v) is 5.44. The summed E-state index contributed by atoms with van der Waals surface area (Å²) in [4.78, 5) is 28.5. The Bertz CT molecular complexity index is 1390. The van der Waals surface area contributed by atoms with Crippen molar-refractivity contribution in [2.75, 3.05) is 17.2 Å². The monoisotopic (exact) mass is 545 g/mol. The summed E-state index contributed by atoms with van der Waals surface area (Å²) in [7, 11) is 0. The number of hydrogen-bond donors (Lipinski definition) is 3. The van der Waals surface area contributed by atoms with Gasteiger partial charge in [0.25, 0.3) is 0 Å².